The lowest BCUT2D eigenvalue weighted by Gasteiger charge is -2.07. The number of hydrogen-bond acceptors (Lipinski definition) is 6. The van der Waals surface area contributed by atoms with Gasteiger partial charge >= 0.3 is 5.97 Å². The van der Waals surface area contributed by atoms with Crippen LogP contribution in [-0.4, -0.2) is 33.1 Å². The first-order chi connectivity index (χ1) is 10.1. The third kappa shape index (κ3) is 4.14. The third-order valence-electron chi connectivity index (χ3n) is 2.33. The molecule has 0 aliphatic heterocycles. The molecule has 2 aromatic heterocycles. The fourth-order valence-electron chi connectivity index (χ4n) is 1.48. The highest BCUT2D eigenvalue weighted by Crippen LogP contribution is 2.10. The minimum atomic E-state index is -1.14. The Bertz CT molecular complexity index is 695. The zero-order valence-electron chi connectivity index (χ0n) is 10.7. The van der Waals surface area contributed by atoms with Crippen molar-refractivity contribution in [2.45, 2.75) is 6.54 Å². The number of carboxylic acid groups (broad SMARTS) is 1. The Morgan fingerprint density at radius 2 is 2.29 bits per heavy atom. The SMILES string of the molecule is O=C(O)Cn1cccc(OCC(=O)Nc2nccs2)c1=O. The molecule has 2 rings (SSSR count). The number of aliphatic carboxylic acids is 1. The van der Waals surface area contributed by atoms with Crippen LogP contribution in [0, 0.1) is 0 Å². The molecule has 2 aromatic rings. The lowest BCUT2D eigenvalue weighted by molar-refractivity contribution is -0.137. The average Bonchev–Trinajstić information content (AvgIpc) is 2.92. The number of nitrogens with one attached hydrogen (secondary N) is 1. The number of hydrogen-bond donors (Lipinski definition) is 2. The van der Waals surface area contributed by atoms with E-state index < -0.39 is 24.0 Å². The summed E-state index contributed by atoms with van der Waals surface area (Å²) in [4.78, 5) is 37.9. The van der Waals surface area contributed by atoms with E-state index >= 15 is 0 Å². The lowest BCUT2D eigenvalue weighted by Crippen LogP contribution is -2.27. The van der Waals surface area contributed by atoms with Crippen molar-refractivity contribution in [2.75, 3.05) is 11.9 Å². The topological polar surface area (TPSA) is 111 Å². The number of carbonyl (C=O) groups excluding carboxylic acids is 1. The second-order valence-electron chi connectivity index (χ2n) is 3.87. The monoisotopic (exact) mass is 309 g/mol. The van der Waals surface area contributed by atoms with Gasteiger partial charge in [-0.2, -0.15) is 0 Å². The van der Waals surface area contributed by atoms with E-state index in [1.165, 1.54) is 29.7 Å². The van der Waals surface area contributed by atoms with Gasteiger partial charge < -0.3 is 14.4 Å². The Morgan fingerprint density at radius 3 is 2.95 bits per heavy atom. The van der Waals surface area contributed by atoms with Crippen molar-refractivity contribution in [1.29, 1.82) is 0 Å². The van der Waals surface area contributed by atoms with Gasteiger partial charge in [-0.05, 0) is 12.1 Å². The minimum Gasteiger partial charge on any atom is -0.480 e. The maximum Gasteiger partial charge on any atom is 0.323 e. The summed E-state index contributed by atoms with van der Waals surface area (Å²) >= 11 is 1.26. The fraction of sp³-hybridized carbons (Fsp3) is 0.167. The second kappa shape index (κ2) is 6.66. The standard InChI is InChI=1S/C12H11N3O5S/c16-9(14-12-13-3-5-21-12)7-20-8-2-1-4-15(11(8)19)6-10(17)18/h1-5H,6-7H2,(H,17,18)(H,13,14,16). The van der Waals surface area contributed by atoms with Gasteiger partial charge in [0.2, 0.25) is 0 Å². The van der Waals surface area contributed by atoms with Crippen molar-refractivity contribution in [3.8, 4) is 5.75 Å². The summed E-state index contributed by atoms with van der Waals surface area (Å²) in [6, 6.07) is 2.84. The summed E-state index contributed by atoms with van der Waals surface area (Å²) in [5, 5.41) is 13.3. The molecule has 2 heterocycles. The predicted molar refractivity (Wildman–Crippen MR) is 74.6 cm³/mol. The maximum atomic E-state index is 11.9. The van der Waals surface area contributed by atoms with Crippen LogP contribution in [0.3, 0.4) is 0 Å². The number of pyridine rings is 1. The number of nitrogens with zero attached hydrogens (tertiary/aromatic N) is 2. The molecular formula is C12H11N3O5S. The van der Waals surface area contributed by atoms with E-state index in [1.54, 1.807) is 11.6 Å². The first kappa shape index (κ1) is 14.7. The highest BCUT2D eigenvalue weighted by molar-refractivity contribution is 7.13. The van der Waals surface area contributed by atoms with Gasteiger partial charge in [0, 0.05) is 17.8 Å². The Morgan fingerprint density at radius 1 is 1.48 bits per heavy atom. The van der Waals surface area contributed by atoms with Crippen LogP contribution in [0.2, 0.25) is 0 Å². The van der Waals surface area contributed by atoms with E-state index in [1.807, 2.05) is 0 Å². The summed E-state index contributed by atoms with van der Waals surface area (Å²) in [6.45, 7) is -0.840. The van der Waals surface area contributed by atoms with Gasteiger partial charge in [0.05, 0.1) is 0 Å². The molecule has 0 aliphatic carbocycles. The molecule has 0 unspecified atom stereocenters. The predicted octanol–water partition coefficient (Wildman–Crippen LogP) is 0.407. The number of amides is 1. The highest BCUT2D eigenvalue weighted by Gasteiger charge is 2.10. The minimum absolute atomic E-state index is 0.0898. The number of thiazole rings is 1. The number of rotatable bonds is 6. The second-order valence-corrected chi connectivity index (χ2v) is 4.77. The van der Waals surface area contributed by atoms with E-state index in [0.29, 0.717) is 5.13 Å². The van der Waals surface area contributed by atoms with Crippen molar-refractivity contribution in [1.82, 2.24) is 9.55 Å². The molecule has 0 bridgehead atoms. The van der Waals surface area contributed by atoms with Gasteiger partial charge in [-0.3, -0.25) is 19.7 Å². The van der Waals surface area contributed by atoms with Crippen molar-refractivity contribution in [2.24, 2.45) is 0 Å². The third-order valence-corrected chi connectivity index (χ3v) is 3.02. The Hall–Kier alpha value is -2.68. The fourth-order valence-corrected chi connectivity index (χ4v) is 2.02. The van der Waals surface area contributed by atoms with Crippen LogP contribution in [-0.2, 0) is 16.1 Å². The number of carbonyl (C=O) groups is 2. The molecule has 9 heteroatoms. The molecule has 0 atom stereocenters. The summed E-state index contributed by atoms with van der Waals surface area (Å²) in [6.07, 6.45) is 2.88. The van der Waals surface area contributed by atoms with Crippen LogP contribution >= 0.6 is 11.3 Å². The van der Waals surface area contributed by atoms with Crippen molar-refractivity contribution in [3.05, 3.63) is 40.3 Å². The zero-order valence-corrected chi connectivity index (χ0v) is 11.5. The van der Waals surface area contributed by atoms with Gasteiger partial charge in [0.25, 0.3) is 11.5 Å². The van der Waals surface area contributed by atoms with E-state index in [2.05, 4.69) is 10.3 Å². The van der Waals surface area contributed by atoms with Crippen LogP contribution in [0.25, 0.3) is 0 Å². The number of anilines is 1. The van der Waals surface area contributed by atoms with Crippen molar-refractivity contribution in [3.63, 3.8) is 0 Å². The lowest BCUT2D eigenvalue weighted by atomic mass is 10.4. The van der Waals surface area contributed by atoms with E-state index in [9.17, 15) is 14.4 Å². The number of aromatic nitrogens is 2. The molecule has 21 heavy (non-hydrogen) atoms. The van der Waals surface area contributed by atoms with Crippen LogP contribution in [0.4, 0.5) is 5.13 Å². The van der Waals surface area contributed by atoms with Crippen LogP contribution < -0.4 is 15.6 Å². The van der Waals surface area contributed by atoms with Gasteiger partial charge in [0.15, 0.2) is 17.5 Å². The van der Waals surface area contributed by atoms with Crippen LogP contribution in [0.15, 0.2) is 34.7 Å². The maximum absolute atomic E-state index is 11.9. The molecular weight excluding hydrogens is 298 g/mol. The molecule has 0 radical (unpaired) electrons. The highest BCUT2D eigenvalue weighted by atomic mass is 32.1. The summed E-state index contributed by atoms with van der Waals surface area (Å²) < 4.78 is 6.09. The van der Waals surface area contributed by atoms with Gasteiger partial charge in [-0.25, -0.2) is 4.98 Å². The van der Waals surface area contributed by atoms with Gasteiger partial charge in [-0.15, -0.1) is 11.3 Å². The molecule has 0 aromatic carbocycles. The molecule has 8 nitrogen and oxygen atoms in total. The smallest absolute Gasteiger partial charge is 0.323 e. The van der Waals surface area contributed by atoms with Gasteiger partial charge in [0.1, 0.15) is 6.54 Å². The molecule has 0 saturated carbocycles. The van der Waals surface area contributed by atoms with E-state index in [-0.39, 0.29) is 12.4 Å². The van der Waals surface area contributed by atoms with Crippen LogP contribution in [0.1, 0.15) is 0 Å². The molecule has 0 saturated heterocycles. The number of ether oxygens (including phenoxy) is 1. The normalized spacial score (nSPS) is 10.1. The van der Waals surface area contributed by atoms with Crippen molar-refractivity contribution < 1.29 is 19.4 Å². The Labute approximate surface area is 122 Å². The van der Waals surface area contributed by atoms with Crippen LogP contribution in [0.5, 0.6) is 5.75 Å². The molecule has 110 valence electrons. The molecule has 0 spiro atoms. The van der Waals surface area contributed by atoms with Gasteiger partial charge in [-0.1, -0.05) is 0 Å². The zero-order chi connectivity index (χ0) is 15.2. The molecule has 1 amide bonds. The van der Waals surface area contributed by atoms with E-state index in [4.69, 9.17) is 9.84 Å². The molecule has 2 N–H and O–H groups in total. The van der Waals surface area contributed by atoms with E-state index in [0.717, 1.165) is 4.57 Å². The largest absolute Gasteiger partial charge is 0.480 e. The summed E-state index contributed by atoms with van der Waals surface area (Å²) in [5.41, 5.74) is -0.609. The van der Waals surface area contributed by atoms with Crippen molar-refractivity contribution >= 4 is 28.3 Å². The summed E-state index contributed by atoms with van der Waals surface area (Å²) in [7, 11) is 0. The quantitative estimate of drug-likeness (QED) is 0.799. The average molecular weight is 309 g/mol. The summed E-state index contributed by atoms with van der Waals surface area (Å²) in [5.74, 6) is -1.69. The first-order valence-electron chi connectivity index (χ1n) is 5.79. The molecule has 0 aliphatic rings. The Kier molecular flexibility index (Phi) is 4.67. The Balaban J connectivity index is 1.98. The number of carboxylic acids is 1. The first-order valence-corrected chi connectivity index (χ1v) is 6.67. The molecule has 0 fully saturated rings.